The van der Waals surface area contributed by atoms with Crippen LogP contribution in [0, 0.1) is 5.41 Å². The fraction of sp³-hybridized carbons (Fsp3) is 0.423. The van der Waals surface area contributed by atoms with Crippen molar-refractivity contribution in [1.29, 1.82) is 0 Å². The summed E-state index contributed by atoms with van der Waals surface area (Å²) in [6.07, 6.45) is 7.25. The molecule has 0 spiro atoms. The summed E-state index contributed by atoms with van der Waals surface area (Å²) in [4.78, 5) is 18.2. The van der Waals surface area contributed by atoms with Crippen LogP contribution in [0.25, 0.3) is 0 Å². The van der Waals surface area contributed by atoms with Gasteiger partial charge in [0.1, 0.15) is 0 Å². The second-order valence-electron chi connectivity index (χ2n) is 9.49. The van der Waals surface area contributed by atoms with Gasteiger partial charge in [-0.05, 0) is 64.1 Å². The maximum atomic E-state index is 13.4. The lowest BCUT2D eigenvalue weighted by Crippen LogP contribution is -2.58. The van der Waals surface area contributed by atoms with Gasteiger partial charge >= 0.3 is 0 Å². The number of carbonyl (C=O) groups excluding carboxylic acids is 1. The third-order valence-corrected chi connectivity index (χ3v) is 7.17. The number of allylic oxidation sites excluding steroid dienone is 5. The van der Waals surface area contributed by atoms with Crippen molar-refractivity contribution >= 4 is 23.2 Å². The van der Waals surface area contributed by atoms with Gasteiger partial charge in [-0.1, -0.05) is 48.4 Å². The first-order chi connectivity index (χ1) is 14.7. The Labute approximate surface area is 190 Å². The van der Waals surface area contributed by atoms with Crippen molar-refractivity contribution in [2.75, 3.05) is 25.5 Å². The molecule has 1 aliphatic carbocycles. The van der Waals surface area contributed by atoms with E-state index in [2.05, 4.69) is 62.0 Å². The van der Waals surface area contributed by atoms with Crippen LogP contribution < -0.4 is 5.32 Å². The molecule has 1 N–H and O–H groups in total. The molecule has 1 amide bonds. The molecule has 0 bridgehead atoms. The minimum Gasteiger partial charge on any atom is -0.365 e. The molecule has 5 heteroatoms. The van der Waals surface area contributed by atoms with E-state index < -0.39 is 0 Å². The first-order valence-corrected chi connectivity index (χ1v) is 11.4. The number of hydrogen-bond donors (Lipinski definition) is 1. The molecular weight excluding hydrogens is 406 g/mol. The molecule has 0 radical (unpaired) electrons. The molecule has 1 aromatic rings. The highest BCUT2D eigenvalue weighted by Crippen LogP contribution is 2.47. The van der Waals surface area contributed by atoms with Crippen molar-refractivity contribution in [3.8, 4) is 0 Å². The molecule has 4 rings (SSSR count). The summed E-state index contributed by atoms with van der Waals surface area (Å²) in [6.45, 7) is 10.5. The lowest BCUT2D eigenvalue weighted by Gasteiger charge is -2.52. The van der Waals surface area contributed by atoms with Crippen LogP contribution >= 0.6 is 11.6 Å². The Kier molecular flexibility index (Phi) is 5.89. The smallest absolute Gasteiger partial charge is 0.257 e. The van der Waals surface area contributed by atoms with E-state index in [-0.39, 0.29) is 17.4 Å². The molecule has 164 valence electrons. The van der Waals surface area contributed by atoms with E-state index in [9.17, 15) is 4.79 Å². The Bertz CT molecular complexity index is 1010. The van der Waals surface area contributed by atoms with Crippen LogP contribution in [0.5, 0.6) is 0 Å². The van der Waals surface area contributed by atoms with Crippen LogP contribution in [0.3, 0.4) is 0 Å². The van der Waals surface area contributed by atoms with E-state index in [1.807, 2.05) is 36.4 Å². The number of para-hydroxylation sites is 1. The largest absolute Gasteiger partial charge is 0.365 e. The molecule has 1 aromatic carbocycles. The standard InChI is InChI=1S/C26H32ClN3O/c1-17-11-20(27)14-26(4,13-17)23-12-22(25(31)28-21-9-7-6-8-10-21)19(3)30-15-18(2)29(5)16-24(23)30/h6-12,14,18,24H,13,15-16H2,1-5H3,(H,28,31). The zero-order chi connectivity index (χ0) is 22.3. The van der Waals surface area contributed by atoms with Crippen molar-refractivity contribution < 1.29 is 4.79 Å². The molecule has 4 nitrogen and oxygen atoms in total. The number of rotatable bonds is 3. The highest BCUT2D eigenvalue weighted by molar-refractivity contribution is 6.31. The minimum absolute atomic E-state index is 0.0621. The summed E-state index contributed by atoms with van der Waals surface area (Å²) < 4.78 is 0. The number of halogens is 1. The molecule has 2 aliphatic heterocycles. The average Bonchev–Trinajstić information content (AvgIpc) is 2.69. The van der Waals surface area contributed by atoms with E-state index in [1.54, 1.807) is 0 Å². The number of nitrogens with zero attached hydrogens (tertiary/aromatic N) is 2. The van der Waals surface area contributed by atoms with Gasteiger partial charge in [0.15, 0.2) is 0 Å². The van der Waals surface area contributed by atoms with Crippen LogP contribution in [-0.2, 0) is 4.79 Å². The van der Waals surface area contributed by atoms with E-state index >= 15 is 0 Å². The van der Waals surface area contributed by atoms with Crippen molar-refractivity contribution in [1.82, 2.24) is 9.80 Å². The number of carbonyl (C=O) groups is 1. The van der Waals surface area contributed by atoms with Crippen LogP contribution in [0.1, 0.15) is 34.1 Å². The van der Waals surface area contributed by atoms with E-state index in [1.165, 1.54) is 11.1 Å². The first-order valence-electron chi connectivity index (χ1n) is 11.0. The maximum Gasteiger partial charge on any atom is 0.257 e. The molecule has 1 fully saturated rings. The Morgan fingerprint density at radius 1 is 1.16 bits per heavy atom. The maximum absolute atomic E-state index is 13.4. The van der Waals surface area contributed by atoms with Gasteiger partial charge in [0, 0.05) is 41.0 Å². The Balaban J connectivity index is 1.77. The number of amides is 1. The van der Waals surface area contributed by atoms with Crippen LogP contribution in [-0.4, -0.2) is 47.9 Å². The molecular formula is C26H32ClN3O. The van der Waals surface area contributed by atoms with Crippen LogP contribution in [0.15, 0.2) is 76.0 Å². The second-order valence-corrected chi connectivity index (χ2v) is 9.93. The van der Waals surface area contributed by atoms with Crippen LogP contribution in [0.4, 0.5) is 5.69 Å². The second kappa shape index (κ2) is 8.33. The number of anilines is 1. The molecule has 3 unspecified atom stereocenters. The fourth-order valence-electron chi connectivity index (χ4n) is 5.19. The van der Waals surface area contributed by atoms with Gasteiger partial charge in [-0.25, -0.2) is 0 Å². The van der Waals surface area contributed by atoms with Gasteiger partial charge in [0.25, 0.3) is 5.91 Å². The zero-order valence-electron chi connectivity index (χ0n) is 19.1. The quantitative estimate of drug-likeness (QED) is 0.694. The topological polar surface area (TPSA) is 35.6 Å². The van der Waals surface area contributed by atoms with Crippen molar-refractivity contribution in [3.63, 3.8) is 0 Å². The number of piperazine rings is 1. The molecule has 3 atom stereocenters. The van der Waals surface area contributed by atoms with Crippen molar-refractivity contribution in [2.45, 2.75) is 46.2 Å². The SMILES string of the molecule is CC1=CC(Cl)=CC(C)(C2=CC(C(=O)Nc3ccccc3)=C(C)N3CC(C)N(C)CC23)C1. The predicted octanol–water partition coefficient (Wildman–Crippen LogP) is 5.32. The van der Waals surface area contributed by atoms with Crippen molar-refractivity contribution in [2.24, 2.45) is 5.41 Å². The lowest BCUT2D eigenvalue weighted by atomic mass is 9.69. The predicted molar refractivity (Wildman–Crippen MR) is 129 cm³/mol. The number of fused-ring (bicyclic) bond motifs is 1. The molecule has 0 saturated carbocycles. The van der Waals surface area contributed by atoms with E-state index in [0.717, 1.165) is 41.5 Å². The number of nitrogens with one attached hydrogen (secondary N) is 1. The Morgan fingerprint density at radius 2 is 1.87 bits per heavy atom. The summed E-state index contributed by atoms with van der Waals surface area (Å²) in [5.74, 6) is -0.0621. The summed E-state index contributed by atoms with van der Waals surface area (Å²) >= 11 is 6.52. The average molecular weight is 438 g/mol. The van der Waals surface area contributed by atoms with Gasteiger partial charge in [-0.3, -0.25) is 9.69 Å². The van der Waals surface area contributed by atoms with Crippen LogP contribution in [0.2, 0.25) is 0 Å². The van der Waals surface area contributed by atoms with Gasteiger partial charge in [-0.15, -0.1) is 0 Å². The molecule has 31 heavy (non-hydrogen) atoms. The van der Waals surface area contributed by atoms with Gasteiger partial charge in [-0.2, -0.15) is 0 Å². The summed E-state index contributed by atoms with van der Waals surface area (Å²) in [5, 5.41) is 3.86. The number of likely N-dealkylation sites (N-methyl/N-ethyl adjacent to an activating group) is 1. The molecule has 2 heterocycles. The lowest BCUT2D eigenvalue weighted by molar-refractivity contribution is -0.112. The van der Waals surface area contributed by atoms with Crippen molar-refractivity contribution in [3.05, 3.63) is 76.0 Å². The zero-order valence-corrected chi connectivity index (χ0v) is 19.8. The molecule has 1 saturated heterocycles. The molecule has 3 aliphatic rings. The van der Waals surface area contributed by atoms with E-state index in [4.69, 9.17) is 11.6 Å². The van der Waals surface area contributed by atoms with Gasteiger partial charge in [0.05, 0.1) is 11.6 Å². The Morgan fingerprint density at radius 3 is 2.55 bits per heavy atom. The molecule has 0 aromatic heterocycles. The van der Waals surface area contributed by atoms with Gasteiger partial charge < -0.3 is 10.2 Å². The fourth-order valence-corrected chi connectivity index (χ4v) is 5.62. The van der Waals surface area contributed by atoms with E-state index in [0.29, 0.717) is 6.04 Å². The first kappa shape index (κ1) is 21.9. The monoisotopic (exact) mass is 437 g/mol. The Hall–Kier alpha value is -2.30. The third-order valence-electron chi connectivity index (χ3n) is 6.95. The summed E-state index contributed by atoms with van der Waals surface area (Å²) in [6, 6.07) is 10.3. The normalized spacial score (nSPS) is 29.1. The highest BCUT2D eigenvalue weighted by Gasteiger charge is 2.43. The number of hydrogen-bond acceptors (Lipinski definition) is 3. The minimum atomic E-state index is -0.223. The van der Waals surface area contributed by atoms with Gasteiger partial charge in [0.2, 0.25) is 0 Å². The third kappa shape index (κ3) is 4.24. The summed E-state index contributed by atoms with van der Waals surface area (Å²) in [5.41, 5.74) is 4.90. The number of benzene rings is 1. The summed E-state index contributed by atoms with van der Waals surface area (Å²) in [7, 11) is 2.19. The highest BCUT2D eigenvalue weighted by atomic mass is 35.5.